The van der Waals surface area contributed by atoms with Gasteiger partial charge in [0, 0.05) is 11.1 Å². The van der Waals surface area contributed by atoms with Crippen LogP contribution in [-0.4, -0.2) is 34.2 Å². The molecule has 0 saturated heterocycles. The number of primary sulfonamides is 1. The topological polar surface area (TPSA) is 95.7 Å². The molecule has 0 spiro atoms. The van der Waals surface area contributed by atoms with Crippen LogP contribution < -0.4 is 5.14 Å². The first-order valence-corrected chi connectivity index (χ1v) is 8.77. The van der Waals surface area contributed by atoms with Crippen LogP contribution in [-0.2, 0) is 19.5 Å². The van der Waals surface area contributed by atoms with E-state index in [4.69, 9.17) is 14.6 Å². The summed E-state index contributed by atoms with van der Waals surface area (Å²) >= 11 is 3.17. The Hall–Kier alpha value is -0.960. The lowest BCUT2D eigenvalue weighted by atomic mass is 10.2. The van der Waals surface area contributed by atoms with Crippen LogP contribution in [0.2, 0.25) is 0 Å². The first-order chi connectivity index (χ1) is 9.86. The number of benzene rings is 1. The predicted molar refractivity (Wildman–Crippen MR) is 81.5 cm³/mol. The lowest BCUT2D eigenvalue weighted by molar-refractivity contribution is 0.0312. The average molecular weight is 380 g/mol. The van der Waals surface area contributed by atoms with Gasteiger partial charge in [0.05, 0.1) is 17.1 Å². The number of carbonyl (C=O) groups is 1. The number of nitrogens with two attached hydrogens (primary N) is 1. The smallest absolute Gasteiger partial charge is 0.339 e. The molecule has 0 aliphatic heterocycles. The number of carbonyl (C=O) groups excluding carboxylic acids is 1. The minimum Gasteiger partial charge on any atom is -0.460 e. The van der Waals surface area contributed by atoms with Crippen molar-refractivity contribution in [1.82, 2.24) is 0 Å². The van der Waals surface area contributed by atoms with Gasteiger partial charge in [-0.25, -0.2) is 18.4 Å². The standard InChI is InChI=1S/C13H18BrNO5S/c1-2-3-6-19-7-8-20-13(16)11-9-10(21(15,17)18)4-5-12(11)14/h4-5,9H,2-3,6-8H2,1H3,(H2,15,17,18). The second-order valence-electron chi connectivity index (χ2n) is 4.29. The Morgan fingerprint density at radius 1 is 1.29 bits per heavy atom. The zero-order valence-corrected chi connectivity index (χ0v) is 14.1. The number of ether oxygens (including phenoxy) is 2. The van der Waals surface area contributed by atoms with Crippen LogP contribution in [0.4, 0.5) is 0 Å². The Bertz CT molecular complexity index is 588. The van der Waals surface area contributed by atoms with Gasteiger partial charge in [-0.3, -0.25) is 0 Å². The van der Waals surface area contributed by atoms with Gasteiger partial charge in [0.15, 0.2) is 0 Å². The molecule has 6 nitrogen and oxygen atoms in total. The van der Waals surface area contributed by atoms with E-state index in [-0.39, 0.29) is 17.1 Å². The summed E-state index contributed by atoms with van der Waals surface area (Å²) in [6, 6.07) is 3.93. The first kappa shape index (κ1) is 18.1. The third-order valence-electron chi connectivity index (χ3n) is 2.59. The zero-order chi connectivity index (χ0) is 15.9. The molecule has 0 aliphatic rings. The fraction of sp³-hybridized carbons (Fsp3) is 0.462. The van der Waals surface area contributed by atoms with Crippen LogP contribution in [0, 0.1) is 0 Å². The van der Waals surface area contributed by atoms with Crippen molar-refractivity contribution in [3.8, 4) is 0 Å². The van der Waals surface area contributed by atoms with E-state index in [1.807, 2.05) is 0 Å². The number of hydrogen-bond acceptors (Lipinski definition) is 5. The summed E-state index contributed by atoms with van der Waals surface area (Å²) in [7, 11) is -3.86. The summed E-state index contributed by atoms with van der Waals surface area (Å²) in [4.78, 5) is 11.7. The molecule has 0 aromatic heterocycles. The van der Waals surface area contributed by atoms with Gasteiger partial charge in [-0.1, -0.05) is 13.3 Å². The predicted octanol–water partition coefficient (Wildman–Crippen LogP) is 2.07. The fourth-order valence-electron chi connectivity index (χ4n) is 1.46. The number of esters is 1. The molecule has 1 aromatic rings. The van der Waals surface area contributed by atoms with Gasteiger partial charge in [-0.05, 0) is 40.5 Å². The molecule has 0 radical (unpaired) electrons. The Morgan fingerprint density at radius 2 is 2.00 bits per heavy atom. The summed E-state index contributed by atoms with van der Waals surface area (Å²) in [5.74, 6) is -0.633. The minimum atomic E-state index is -3.86. The Labute approximate surface area is 132 Å². The first-order valence-electron chi connectivity index (χ1n) is 6.43. The molecule has 0 atom stereocenters. The number of unbranched alkanes of at least 4 members (excludes halogenated alkanes) is 1. The number of sulfonamides is 1. The van der Waals surface area contributed by atoms with Crippen LogP contribution in [0.3, 0.4) is 0 Å². The van der Waals surface area contributed by atoms with E-state index in [1.165, 1.54) is 18.2 Å². The molecular weight excluding hydrogens is 362 g/mol. The molecule has 0 amide bonds. The Balaban J connectivity index is 2.62. The van der Waals surface area contributed by atoms with E-state index in [0.717, 1.165) is 12.8 Å². The molecule has 0 heterocycles. The average Bonchev–Trinajstić information content (AvgIpc) is 2.41. The normalized spacial score (nSPS) is 11.4. The zero-order valence-electron chi connectivity index (χ0n) is 11.7. The molecule has 0 unspecified atom stereocenters. The maximum atomic E-state index is 11.9. The van der Waals surface area contributed by atoms with Crippen molar-refractivity contribution in [2.75, 3.05) is 19.8 Å². The van der Waals surface area contributed by atoms with E-state index in [0.29, 0.717) is 17.7 Å². The quantitative estimate of drug-likeness (QED) is 0.550. The van der Waals surface area contributed by atoms with Crippen molar-refractivity contribution >= 4 is 31.9 Å². The molecular formula is C13H18BrNO5S. The van der Waals surface area contributed by atoms with Gasteiger partial charge in [0.1, 0.15) is 6.61 Å². The maximum Gasteiger partial charge on any atom is 0.339 e. The van der Waals surface area contributed by atoms with Crippen molar-refractivity contribution in [3.05, 3.63) is 28.2 Å². The van der Waals surface area contributed by atoms with Gasteiger partial charge in [0.2, 0.25) is 10.0 Å². The lowest BCUT2D eigenvalue weighted by Gasteiger charge is -2.08. The highest BCUT2D eigenvalue weighted by molar-refractivity contribution is 9.10. The third kappa shape index (κ3) is 6.13. The van der Waals surface area contributed by atoms with Crippen LogP contribution >= 0.6 is 15.9 Å². The van der Waals surface area contributed by atoms with Crippen molar-refractivity contribution < 1.29 is 22.7 Å². The van der Waals surface area contributed by atoms with Gasteiger partial charge in [-0.15, -0.1) is 0 Å². The van der Waals surface area contributed by atoms with Crippen molar-refractivity contribution in [2.45, 2.75) is 24.7 Å². The molecule has 21 heavy (non-hydrogen) atoms. The molecule has 1 rings (SSSR count). The molecule has 2 N–H and O–H groups in total. The Morgan fingerprint density at radius 3 is 2.62 bits per heavy atom. The summed E-state index contributed by atoms with van der Waals surface area (Å²) in [5, 5.41) is 5.03. The SMILES string of the molecule is CCCCOCCOC(=O)c1cc(S(N)(=O)=O)ccc1Br. The monoisotopic (exact) mass is 379 g/mol. The van der Waals surface area contributed by atoms with Crippen LogP contribution in [0.5, 0.6) is 0 Å². The third-order valence-corrected chi connectivity index (χ3v) is 4.19. The molecule has 0 aliphatic carbocycles. The van der Waals surface area contributed by atoms with Gasteiger partial charge >= 0.3 is 5.97 Å². The van der Waals surface area contributed by atoms with E-state index < -0.39 is 16.0 Å². The fourth-order valence-corrected chi connectivity index (χ4v) is 2.41. The molecule has 1 aromatic carbocycles. The molecule has 118 valence electrons. The highest BCUT2D eigenvalue weighted by Crippen LogP contribution is 2.21. The number of halogens is 1. The molecule has 8 heteroatoms. The molecule has 0 saturated carbocycles. The maximum absolute atomic E-state index is 11.9. The van der Waals surface area contributed by atoms with Gasteiger partial charge in [0.25, 0.3) is 0 Å². The summed E-state index contributed by atoms with van der Waals surface area (Å²) in [6.45, 7) is 3.09. The Kier molecular flexibility index (Phi) is 7.30. The van der Waals surface area contributed by atoms with E-state index >= 15 is 0 Å². The summed E-state index contributed by atoms with van der Waals surface area (Å²) in [6.07, 6.45) is 1.99. The second-order valence-corrected chi connectivity index (χ2v) is 6.70. The van der Waals surface area contributed by atoms with Crippen molar-refractivity contribution in [2.24, 2.45) is 5.14 Å². The van der Waals surface area contributed by atoms with E-state index in [9.17, 15) is 13.2 Å². The van der Waals surface area contributed by atoms with Crippen molar-refractivity contribution in [1.29, 1.82) is 0 Å². The van der Waals surface area contributed by atoms with E-state index in [2.05, 4.69) is 22.9 Å². The molecule has 0 fully saturated rings. The lowest BCUT2D eigenvalue weighted by Crippen LogP contribution is -2.15. The summed E-state index contributed by atoms with van der Waals surface area (Å²) in [5.41, 5.74) is 0.107. The minimum absolute atomic E-state index is 0.106. The van der Waals surface area contributed by atoms with Gasteiger partial charge < -0.3 is 9.47 Å². The van der Waals surface area contributed by atoms with Crippen LogP contribution in [0.25, 0.3) is 0 Å². The van der Waals surface area contributed by atoms with Crippen molar-refractivity contribution in [3.63, 3.8) is 0 Å². The highest BCUT2D eigenvalue weighted by atomic mass is 79.9. The highest BCUT2D eigenvalue weighted by Gasteiger charge is 2.16. The largest absolute Gasteiger partial charge is 0.460 e. The van der Waals surface area contributed by atoms with Crippen LogP contribution in [0.1, 0.15) is 30.1 Å². The number of rotatable bonds is 8. The van der Waals surface area contributed by atoms with Gasteiger partial charge in [-0.2, -0.15) is 0 Å². The summed E-state index contributed by atoms with van der Waals surface area (Å²) < 4.78 is 33.3. The second kappa shape index (κ2) is 8.47. The molecule has 0 bridgehead atoms. The van der Waals surface area contributed by atoms with Crippen LogP contribution in [0.15, 0.2) is 27.6 Å². The van der Waals surface area contributed by atoms with E-state index in [1.54, 1.807) is 0 Å². The number of hydrogen-bond donors (Lipinski definition) is 1.